The maximum atomic E-state index is 12.7. The zero-order chi connectivity index (χ0) is 15.4. The van der Waals surface area contributed by atoms with Gasteiger partial charge in [-0.2, -0.15) is 0 Å². The van der Waals surface area contributed by atoms with Gasteiger partial charge in [0, 0.05) is 18.5 Å². The minimum atomic E-state index is -0.950. The Morgan fingerprint density at radius 1 is 1.52 bits per heavy atom. The monoisotopic (exact) mass is 309 g/mol. The number of aliphatic carboxylic acids is 1. The van der Waals surface area contributed by atoms with Crippen molar-refractivity contribution < 1.29 is 14.7 Å². The van der Waals surface area contributed by atoms with Crippen molar-refractivity contribution in [3.63, 3.8) is 0 Å². The maximum Gasteiger partial charge on any atom is 0.327 e. The molecule has 1 aliphatic heterocycles. The van der Waals surface area contributed by atoms with Gasteiger partial charge in [0.1, 0.15) is 6.04 Å². The lowest BCUT2D eigenvalue weighted by Crippen LogP contribution is -2.50. The van der Waals surface area contributed by atoms with Crippen molar-refractivity contribution in [3.05, 3.63) is 30.1 Å². The van der Waals surface area contributed by atoms with Crippen LogP contribution in [0.25, 0.3) is 0 Å². The van der Waals surface area contributed by atoms with Crippen LogP contribution in [0, 0.1) is 0 Å². The normalized spacial score (nSPS) is 21.3. The van der Waals surface area contributed by atoms with Crippen molar-refractivity contribution in [2.24, 2.45) is 0 Å². The van der Waals surface area contributed by atoms with Crippen LogP contribution >= 0.6 is 11.8 Å². The first-order valence-corrected chi connectivity index (χ1v) is 7.91. The number of hydrogen-bond acceptors (Lipinski definition) is 4. The molecule has 1 aromatic rings. The second-order valence-electron chi connectivity index (χ2n) is 4.81. The summed E-state index contributed by atoms with van der Waals surface area (Å²) < 4.78 is 0. The molecule has 0 aliphatic carbocycles. The number of pyridine rings is 1. The molecule has 1 fully saturated rings. The molecule has 0 aromatic carbocycles. The van der Waals surface area contributed by atoms with Crippen LogP contribution < -0.4 is 0 Å². The van der Waals surface area contributed by atoms with Crippen molar-refractivity contribution in [2.45, 2.75) is 31.8 Å². The molecule has 0 spiro atoms. The van der Waals surface area contributed by atoms with Gasteiger partial charge in [-0.3, -0.25) is 9.88 Å². The molecule has 0 radical (unpaired) electrons. The van der Waals surface area contributed by atoms with E-state index in [9.17, 15) is 14.7 Å². The fraction of sp³-hybridized carbons (Fsp3) is 0.500. The van der Waals surface area contributed by atoms with Crippen LogP contribution in [0.4, 0.5) is 4.79 Å². The number of thioether (sulfide) groups is 1. The highest BCUT2D eigenvalue weighted by molar-refractivity contribution is 8.00. The Kier molecular flexibility index (Phi) is 5.06. The number of hydrogen-bond donors (Lipinski definition) is 1. The first-order chi connectivity index (χ1) is 10.0. The van der Waals surface area contributed by atoms with E-state index in [-0.39, 0.29) is 11.4 Å². The highest BCUT2D eigenvalue weighted by Crippen LogP contribution is 2.30. The Balaban J connectivity index is 2.13. The Bertz CT molecular complexity index is 511. The molecule has 6 nitrogen and oxygen atoms in total. The van der Waals surface area contributed by atoms with Gasteiger partial charge < -0.3 is 10.0 Å². The lowest BCUT2D eigenvalue weighted by molar-refractivity contribution is -0.141. The molecule has 0 bridgehead atoms. The van der Waals surface area contributed by atoms with Gasteiger partial charge in [0.05, 0.1) is 17.6 Å². The van der Waals surface area contributed by atoms with Crippen LogP contribution in [0.1, 0.15) is 19.5 Å². The van der Waals surface area contributed by atoms with E-state index in [2.05, 4.69) is 4.98 Å². The van der Waals surface area contributed by atoms with Crippen molar-refractivity contribution >= 4 is 23.8 Å². The van der Waals surface area contributed by atoms with Crippen LogP contribution in [0.2, 0.25) is 0 Å². The quantitative estimate of drug-likeness (QED) is 0.919. The minimum absolute atomic E-state index is 0.128. The van der Waals surface area contributed by atoms with E-state index in [0.29, 0.717) is 18.8 Å². The highest BCUT2D eigenvalue weighted by Gasteiger charge is 2.41. The number of urea groups is 1. The third kappa shape index (κ3) is 3.47. The molecule has 2 atom stereocenters. The number of nitrogens with zero attached hydrogens (tertiary/aromatic N) is 3. The van der Waals surface area contributed by atoms with Crippen molar-refractivity contribution in [2.75, 3.05) is 12.3 Å². The number of carboxylic acids is 1. The van der Waals surface area contributed by atoms with E-state index in [1.165, 1.54) is 16.7 Å². The largest absolute Gasteiger partial charge is 0.480 e. The van der Waals surface area contributed by atoms with Gasteiger partial charge in [-0.1, -0.05) is 6.07 Å². The van der Waals surface area contributed by atoms with E-state index in [1.54, 1.807) is 11.1 Å². The van der Waals surface area contributed by atoms with Crippen LogP contribution in [0.15, 0.2) is 24.4 Å². The van der Waals surface area contributed by atoms with Crippen LogP contribution in [0.3, 0.4) is 0 Å². The van der Waals surface area contributed by atoms with E-state index >= 15 is 0 Å². The van der Waals surface area contributed by atoms with Crippen LogP contribution in [0.5, 0.6) is 0 Å². The third-order valence-electron chi connectivity index (χ3n) is 3.46. The second-order valence-corrected chi connectivity index (χ2v) is 6.16. The topological polar surface area (TPSA) is 73.7 Å². The maximum absolute atomic E-state index is 12.7. The van der Waals surface area contributed by atoms with Gasteiger partial charge in [-0.05, 0) is 26.0 Å². The number of carboxylic acid groups (broad SMARTS) is 1. The molecule has 1 aromatic heterocycles. The predicted molar refractivity (Wildman–Crippen MR) is 80.9 cm³/mol. The van der Waals surface area contributed by atoms with Gasteiger partial charge >= 0.3 is 12.0 Å². The molecule has 21 heavy (non-hydrogen) atoms. The summed E-state index contributed by atoms with van der Waals surface area (Å²) in [7, 11) is 0. The van der Waals surface area contributed by atoms with E-state index in [4.69, 9.17) is 0 Å². The molecule has 1 N–H and O–H groups in total. The molecule has 2 amide bonds. The molecular weight excluding hydrogens is 290 g/mol. The fourth-order valence-corrected chi connectivity index (χ4v) is 3.45. The summed E-state index contributed by atoms with van der Waals surface area (Å²) >= 11 is 1.49. The summed E-state index contributed by atoms with van der Waals surface area (Å²) in [5, 5.41) is 9.13. The first-order valence-electron chi connectivity index (χ1n) is 6.86. The first kappa shape index (κ1) is 15.6. The predicted octanol–water partition coefficient (Wildman–Crippen LogP) is 1.87. The molecule has 2 heterocycles. The van der Waals surface area contributed by atoms with Crippen molar-refractivity contribution in [1.29, 1.82) is 0 Å². The number of rotatable bonds is 4. The number of carbonyl (C=O) groups excluding carboxylic acids is 1. The Labute approximate surface area is 128 Å². The standard InChI is InChI=1S/C14H19N3O3S/c1-3-16(8-11-6-4-5-7-15-11)14(20)17-10(2)21-9-12(17)13(18)19/h4-7,10,12H,3,8-9H2,1-2H3,(H,18,19). The summed E-state index contributed by atoms with van der Waals surface area (Å²) in [5.41, 5.74) is 0.791. The molecule has 1 aliphatic rings. The number of carbonyl (C=O) groups is 2. The lowest BCUT2D eigenvalue weighted by Gasteiger charge is -2.31. The number of amides is 2. The number of aromatic nitrogens is 1. The summed E-state index contributed by atoms with van der Waals surface area (Å²) in [4.78, 5) is 31.2. The smallest absolute Gasteiger partial charge is 0.327 e. The average Bonchev–Trinajstić information content (AvgIpc) is 2.87. The van der Waals surface area contributed by atoms with E-state index < -0.39 is 12.0 Å². The Hall–Kier alpha value is -1.76. The van der Waals surface area contributed by atoms with Crippen LogP contribution in [-0.4, -0.2) is 55.6 Å². The molecule has 7 heteroatoms. The van der Waals surface area contributed by atoms with E-state index in [1.807, 2.05) is 32.0 Å². The summed E-state index contributed by atoms with van der Waals surface area (Å²) in [6.07, 6.45) is 1.68. The van der Waals surface area contributed by atoms with Gasteiger partial charge in [-0.15, -0.1) is 11.8 Å². The van der Waals surface area contributed by atoms with Gasteiger partial charge in [0.25, 0.3) is 0 Å². The summed E-state index contributed by atoms with van der Waals surface area (Å²) in [6.45, 7) is 4.64. The molecule has 114 valence electrons. The van der Waals surface area contributed by atoms with Gasteiger partial charge in [0.2, 0.25) is 0 Å². The van der Waals surface area contributed by atoms with Crippen molar-refractivity contribution in [1.82, 2.24) is 14.8 Å². The zero-order valence-corrected chi connectivity index (χ0v) is 12.9. The van der Waals surface area contributed by atoms with Crippen molar-refractivity contribution in [3.8, 4) is 0 Å². The molecular formula is C14H19N3O3S. The minimum Gasteiger partial charge on any atom is -0.480 e. The second kappa shape index (κ2) is 6.80. The highest BCUT2D eigenvalue weighted by atomic mass is 32.2. The zero-order valence-electron chi connectivity index (χ0n) is 12.1. The summed E-state index contributed by atoms with van der Waals surface area (Å²) in [6, 6.07) is 4.55. The fourth-order valence-electron chi connectivity index (χ4n) is 2.29. The molecule has 0 saturated carbocycles. The third-order valence-corrected chi connectivity index (χ3v) is 4.68. The Morgan fingerprint density at radius 3 is 2.86 bits per heavy atom. The average molecular weight is 309 g/mol. The lowest BCUT2D eigenvalue weighted by atomic mass is 10.3. The van der Waals surface area contributed by atoms with Gasteiger partial charge in [-0.25, -0.2) is 9.59 Å². The molecule has 2 rings (SSSR count). The molecule has 2 unspecified atom stereocenters. The van der Waals surface area contributed by atoms with Gasteiger partial charge in [0.15, 0.2) is 0 Å². The summed E-state index contributed by atoms with van der Waals surface area (Å²) in [5.74, 6) is -0.516. The Morgan fingerprint density at radius 2 is 2.29 bits per heavy atom. The van der Waals surface area contributed by atoms with E-state index in [0.717, 1.165) is 5.69 Å². The SMILES string of the molecule is CCN(Cc1ccccn1)C(=O)N1C(C)SCC1C(=O)O. The van der Waals surface area contributed by atoms with Crippen LogP contribution in [-0.2, 0) is 11.3 Å². The molecule has 1 saturated heterocycles.